The van der Waals surface area contributed by atoms with E-state index >= 15 is 0 Å². The fourth-order valence-corrected chi connectivity index (χ4v) is 2.88. The van der Waals surface area contributed by atoms with Gasteiger partial charge in [0.2, 0.25) is 0 Å². The fourth-order valence-electron chi connectivity index (χ4n) is 2.88. The van der Waals surface area contributed by atoms with Gasteiger partial charge in [-0.25, -0.2) is 0 Å². The molecule has 1 saturated heterocycles. The number of morpholine rings is 1. The van der Waals surface area contributed by atoms with Gasteiger partial charge < -0.3 is 14.2 Å². The molecule has 1 aromatic carbocycles. The standard InChI is InChI=1S/C18H20N2O3/c1-19-9-5-8-16(19)18(22)20-10-11-23-13-15(20)12-17(21)14-6-3-2-4-7-14/h2-9,15H,10-13H2,1H3. The van der Waals surface area contributed by atoms with Crippen molar-refractivity contribution in [1.29, 1.82) is 0 Å². The molecule has 120 valence electrons. The number of ether oxygens (including phenoxy) is 1. The molecule has 0 radical (unpaired) electrons. The maximum atomic E-state index is 12.7. The predicted molar refractivity (Wildman–Crippen MR) is 86.4 cm³/mol. The van der Waals surface area contributed by atoms with Crippen LogP contribution in [0.1, 0.15) is 27.3 Å². The Morgan fingerprint density at radius 1 is 1.17 bits per heavy atom. The van der Waals surface area contributed by atoms with E-state index in [1.165, 1.54) is 0 Å². The van der Waals surface area contributed by atoms with Crippen LogP contribution in [0.4, 0.5) is 0 Å². The highest BCUT2D eigenvalue weighted by molar-refractivity contribution is 5.97. The average Bonchev–Trinajstić information content (AvgIpc) is 3.01. The predicted octanol–water partition coefficient (Wildman–Crippen LogP) is 2.14. The van der Waals surface area contributed by atoms with Crippen LogP contribution in [0.3, 0.4) is 0 Å². The molecule has 0 aliphatic carbocycles. The minimum atomic E-state index is -0.223. The molecular weight excluding hydrogens is 292 g/mol. The molecule has 1 atom stereocenters. The number of rotatable bonds is 4. The number of aryl methyl sites for hydroxylation is 1. The van der Waals surface area contributed by atoms with Gasteiger partial charge in [-0.15, -0.1) is 0 Å². The van der Waals surface area contributed by atoms with Crippen LogP contribution in [0.5, 0.6) is 0 Å². The first-order valence-electron chi connectivity index (χ1n) is 7.75. The summed E-state index contributed by atoms with van der Waals surface area (Å²) >= 11 is 0. The highest BCUT2D eigenvalue weighted by Crippen LogP contribution is 2.17. The van der Waals surface area contributed by atoms with Crippen LogP contribution in [0, 0.1) is 0 Å². The van der Waals surface area contributed by atoms with Crippen molar-refractivity contribution < 1.29 is 14.3 Å². The molecular formula is C18H20N2O3. The molecule has 0 saturated carbocycles. The summed E-state index contributed by atoms with van der Waals surface area (Å²) in [5.74, 6) is -0.0163. The van der Waals surface area contributed by atoms with E-state index in [2.05, 4.69) is 0 Å². The van der Waals surface area contributed by atoms with Crippen LogP contribution in [0.25, 0.3) is 0 Å². The summed E-state index contributed by atoms with van der Waals surface area (Å²) in [5.41, 5.74) is 1.30. The maximum Gasteiger partial charge on any atom is 0.270 e. The zero-order valence-corrected chi connectivity index (χ0v) is 13.1. The molecule has 1 aliphatic heterocycles. The van der Waals surface area contributed by atoms with Crippen molar-refractivity contribution in [3.8, 4) is 0 Å². The largest absolute Gasteiger partial charge is 0.377 e. The van der Waals surface area contributed by atoms with Crippen LogP contribution >= 0.6 is 0 Å². The lowest BCUT2D eigenvalue weighted by Crippen LogP contribution is -2.49. The number of aromatic nitrogens is 1. The third-order valence-corrected chi connectivity index (χ3v) is 4.17. The summed E-state index contributed by atoms with van der Waals surface area (Å²) in [6.07, 6.45) is 2.12. The molecule has 0 spiro atoms. The van der Waals surface area contributed by atoms with Crippen molar-refractivity contribution in [3.05, 3.63) is 59.9 Å². The lowest BCUT2D eigenvalue weighted by atomic mass is 10.0. The maximum absolute atomic E-state index is 12.7. The van der Waals surface area contributed by atoms with Crippen LogP contribution in [-0.4, -0.2) is 47.0 Å². The lowest BCUT2D eigenvalue weighted by molar-refractivity contribution is -0.00328. The second kappa shape index (κ2) is 6.79. The van der Waals surface area contributed by atoms with E-state index in [0.29, 0.717) is 31.0 Å². The molecule has 2 heterocycles. The number of Topliss-reactive ketones (excluding diaryl/α,β-unsaturated/α-hetero) is 1. The van der Waals surface area contributed by atoms with Crippen LogP contribution in [-0.2, 0) is 11.8 Å². The van der Waals surface area contributed by atoms with Gasteiger partial charge in [0.1, 0.15) is 5.69 Å². The van der Waals surface area contributed by atoms with E-state index in [0.717, 1.165) is 0 Å². The topological polar surface area (TPSA) is 51.5 Å². The Bertz CT molecular complexity index is 693. The van der Waals surface area contributed by atoms with Gasteiger partial charge in [-0.3, -0.25) is 9.59 Å². The minimum absolute atomic E-state index is 0.0331. The summed E-state index contributed by atoms with van der Waals surface area (Å²) < 4.78 is 7.29. The van der Waals surface area contributed by atoms with Crippen molar-refractivity contribution in [1.82, 2.24) is 9.47 Å². The van der Waals surface area contributed by atoms with Crippen molar-refractivity contribution in [3.63, 3.8) is 0 Å². The Morgan fingerprint density at radius 2 is 1.96 bits per heavy atom. The normalized spacial score (nSPS) is 18.0. The molecule has 23 heavy (non-hydrogen) atoms. The van der Waals surface area contributed by atoms with Gasteiger partial charge in [0, 0.05) is 31.8 Å². The fraction of sp³-hybridized carbons (Fsp3) is 0.333. The number of carbonyl (C=O) groups excluding carboxylic acids is 2. The number of amides is 1. The molecule has 5 heteroatoms. The van der Waals surface area contributed by atoms with E-state index in [-0.39, 0.29) is 24.2 Å². The van der Waals surface area contributed by atoms with Crippen LogP contribution in [0.15, 0.2) is 48.7 Å². The molecule has 0 N–H and O–H groups in total. The van der Waals surface area contributed by atoms with Gasteiger partial charge in [-0.2, -0.15) is 0 Å². The first-order chi connectivity index (χ1) is 11.2. The third-order valence-electron chi connectivity index (χ3n) is 4.17. The lowest BCUT2D eigenvalue weighted by Gasteiger charge is -2.35. The Kier molecular flexibility index (Phi) is 4.57. The van der Waals surface area contributed by atoms with Gasteiger partial charge in [0.25, 0.3) is 5.91 Å². The third kappa shape index (κ3) is 3.35. The molecule has 1 amide bonds. The number of hydrogen-bond donors (Lipinski definition) is 0. The van der Waals surface area contributed by atoms with Crippen molar-refractivity contribution in [2.75, 3.05) is 19.8 Å². The molecule has 1 unspecified atom stereocenters. The second-order valence-electron chi connectivity index (χ2n) is 5.72. The monoisotopic (exact) mass is 312 g/mol. The summed E-state index contributed by atoms with van der Waals surface area (Å²) in [6, 6.07) is 12.6. The second-order valence-corrected chi connectivity index (χ2v) is 5.72. The zero-order valence-electron chi connectivity index (χ0n) is 13.1. The van der Waals surface area contributed by atoms with E-state index < -0.39 is 0 Å². The number of ketones is 1. The summed E-state index contributed by atoms with van der Waals surface area (Å²) in [4.78, 5) is 26.9. The molecule has 1 fully saturated rings. The Hall–Kier alpha value is -2.40. The summed E-state index contributed by atoms with van der Waals surface area (Å²) in [7, 11) is 1.85. The molecule has 5 nitrogen and oxygen atoms in total. The quantitative estimate of drug-likeness (QED) is 0.813. The first kappa shape index (κ1) is 15.5. The van der Waals surface area contributed by atoms with Crippen LogP contribution in [0.2, 0.25) is 0 Å². The molecule has 1 aromatic heterocycles. The van der Waals surface area contributed by atoms with Gasteiger partial charge in [-0.1, -0.05) is 30.3 Å². The van der Waals surface area contributed by atoms with Gasteiger partial charge in [-0.05, 0) is 12.1 Å². The highest BCUT2D eigenvalue weighted by atomic mass is 16.5. The Balaban J connectivity index is 1.75. The average molecular weight is 312 g/mol. The molecule has 1 aliphatic rings. The van der Waals surface area contributed by atoms with E-state index in [1.54, 1.807) is 27.7 Å². The van der Waals surface area contributed by atoms with Crippen molar-refractivity contribution >= 4 is 11.7 Å². The summed E-state index contributed by atoms with van der Waals surface area (Å²) in [6.45, 7) is 1.41. The van der Waals surface area contributed by atoms with Crippen molar-refractivity contribution in [2.45, 2.75) is 12.5 Å². The Morgan fingerprint density at radius 3 is 2.65 bits per heavy atom. The van der Waals surface area contributed by atoms with Crippen LogP contribution < -0.4 is 0 Å². The van der Waals surface area contributed by atoms with Gasteiger partial charge >= 0.3 is 0 Å². The smallest absolute Gasteiger partial charge is 0.270 e. The van der Waals surface area contributed by atoms with Gasteiger partial charge in [0.15, 0.2) is 5.78 Å². The number of hydrogen-bond acceptors (Lipinski definition) is 3. The van der Waals surface area contributed by atoms with E-state index in [9.17, 15) is 9.59 Å². The minimum Gasteiger partial charge on any atom is -0.377 e. The summed E-state index contributed by atoms with van der Waals surface area (Å²) in [5, 5.41) is 0. The highest BCUT2D eigenvalue weighted by Gasteiger charge is 2.30. The number of benzene rings is 1. The number of carbonyl (C=O) groups is 2. The SMILES string of the molecule is Cn1cccc1C(=O)N1CCOCC1CC(=O)c1ccccc1. The van der Waals surface area contributed by atoms with Gasteiger partial charge in [0.05, 0.1) is 19.3 Å². The Labute approximate surface area is 135 Å². The zero-order chi connectivity index (χ0) is 16.2. The first-order valence-corrected chi connectivity index (χ1v) is 7.75. The molecule has 2 aromatic rings. The molecule has 0 bridgehead atoms. The number of nitrogens with zero attached hydrogens (tertiary/aromatic N) is 2. The van der Waals surface area contributed by atoms with E-state index in [4.69, 9.17) is 4.74 Å². The van der Waals surface area contributed by atoms with E-state index in [1.807, 2.05) is 37.5 Å². The van der Waals surface area contributed by atoms with Crippen molar-refractivity contribution in [2.24, 2.45) is 7.05 Å². The molecule has 3 rings (SSSR count).